The zero-order chi connectivity index (χ0) is 13.9. The van der Waals surface area contributed by atoms with Crippen molar-refractivity contribution in [2.24, 2.45) is 12.8 Å². The first-order chi connectivity index (χ1) is 9.79. The smallest absolute Gasteiger partial charge is 0.110 e. The van der Waals surface area contributed by atoms with E-state index in [4.69, 9.17) is 5.73 Å². The molecule has 0 aliphatic carbocycles. The predicted molar refractivity (Wildman–Crippen MR) is 81.6 cm³/mol. The minimum Gasteiger partial charge on any atom is -0.347 e. The van der Waals surface area contributed by atoms with E-state index in [1.54, 1.807) is 0 Å². The monoisotopic (exact) mass is 268 g/mol. The van der Waals surface area contributed by atoms with Crippen LogP contribution in [0.2, 0.25) is 0 Å². The molecule has 0 saturated carbocycles. The summed E-state index contributed by atoms with van der Waals surface area (Å²) in [5.74, 6) is 1.11. The van der Waals surface area contributed by atoms with Crippen LogP contribution < -0.4 is 5.73 Å². The molecule has 0 fully saturated rings. The fraction of sp³-hybridized carbons (Fsp3) is 0.312. The highest BCUT2D eigenvalue weighted by atomic mass is 15.0. The summed E-state index contributed by atoms with van der Waals surface area (Å²) in [6, 6.07) is 8.53. The first-order valence-electron chi connectivity index (χ1n) is 7.02. The van der Waals surface area contributed by atoms with Gasteiger partial charge < -0.3 is 14.9 Å². The molecule has 4 heteroatoms. The van der Waals surface area contributed by atoms with Gasteiger partial charge in [-0.25, -0.2) is 4.98 Å². The number of benzene rings is 1. The number of hydrogen-bond acceptors (Lipinski definition) is 2. The van der Waals surface area contributed by atoms with Crippen LogP contribution in [0, 0.1) is 0 Å². The molecule has 0 bridgehead atoms. The van der Waals surface area contributed by atoms with Gasteiger partial charge >= 0.3 is 0 Å². The van der Waals surface area contributed by atoms with Crippen molar-refractivity contribution in [2.75, 3.05) is 6.54 Å². The van der Waals surface area contributed by atoms with Crippen molar-refractivity contribution in [3.63, 3.8) is 0 Å². The molecule has 1 aromatic carbocycles. The van der Waals surface area contributed by atoms with Crippen molar-refractivity contribution in [1.29, 1.82) is 0 Å². The summed E-state index contributed by atoms with van der Waals surface area (Å²) in [7, 11) is 2.04. The molecule has 4 nitrogen and oxygen atoms in total. The number of fused-ring (bicyclic) bond motifs is 1. The molecule has 0 amide bonds. The molecule has 2 aromatic heterocycles. The van der Waals surface area contributed by atoms with E-state index in [2.05, 4.69) is 44.6 Å². The Morgan fingerprint density at radius 2 is 2.05 bits per heavy atom. The number of imidazole rings is 1. The van der Waals surface area contributed by atoms with E-state index >= 15 is 0 Å². The van der Waals surface area contributed by atoms with Gasteiger partial charge in [0.25, 0.3) is 0 Å². The Hall–Kier alpha value is -2.07. The van der Waals surface area contributed by atoms with Crippen molar-refractivity contribution in [3.05, 3.63) is 54.2 Å². The number of nitrogens with two attached hydrogens (primary N) is 1. The molecule has 0 aliphatic heterocycles. The van der Waals surface area contributed by atoms with Gasteiger partial charge in [-0.1, -0.05) is 18.2 Å². The topological polar surface area (TPSA) is 48.8 Å². The van der Waals surface area contributed by atoms with Crippen LogP contribution in [0.1, 0.15) is 11.4 Å². The van der Waals surface area contributed by atoms with Crippen LogP contribution in [0.4, 0.5) is 0 Å². The van der Waals surface area contributed by atoms with Crippen molar-refractivity contribution < 1.29 is 0 Å². The van der Waals surface area contributed by atoms with Crippen LogP contribution in [-0.2, 0) is 26.4 Å². The summed E-state index contributed by atoms with van der Waals surface area (Å²) in [4.78, 5) is 4.38. The molecule has 3 rings (SSSR count). The Morgan fingerprint density at radius 3 is 2.80 bits per heavy atom. The van der Waals surface area contributed by atoms with Crippen molar-refractivity contribution in [2.45, 2.75) is 19.4 Å². The lowest BCUT2D eigenvalue weighted by atomic mass is 10.1. The van der Waals surface area contributed by atoms with Gasteiger partial charge in [-0.2, -0.15) is 0 Å². The molecular formula is C16H20N4. The standard InChI is InChI=1S/C16H20N4/c1-19-11-9-18-16(19)7-10-20-12-13(6-8-17)14-4-2-3-5-15(14)20/h2-5,9,11-12H,6-8,10,17H2,1H3. The van der Waals surface area contributed by atoms with Crippen LogP contribution in [0.25, 0.3) is 10.9 Å². The van der Waals surface area contributed by atoms with E-state index in [9.17, 15) is 0 Å². The normalized spacial score (nSPS) is 11.3. The van der Waals surface area contributed by atoms with Gasteiger partial charge in [0.2, 0.25) is 0 Å². The van der Waals surface area contributed by atoms with Crippen LogP contribution >= 0.6 is 0 Å². The molecule has 3 aromatic rings. The molecule has 0 unspecified atom stereocenters. The predicted octanol–water partition coefficient (Wildman–Crippen LogP) is 2.12. The number of nitrogens with zero attached hydrogens (tertiary/aromatic N) is 3. The van der Waals surface area contributed by atoms with Gasteiger partial charge in [-0.3, -0.25) is 0 Å². The Morgan fingerprint density at radius 1 is 1.20 bits per heavy atom. The zero-order valence-electron chi connectivity index (χ0n) is 11.8. The van der Waals surface area contributed by atoms with Gasteiger partial charge in [-0.15, -0.1) is 0 Å². The average molecular weight is 268 g/mol. The molecule has 0 spiro atoms. The SMILES string of the molecule is Cn1ccnc1CCn1cc(CCN)c2ccccc21. The van der Waals surface area contributed by atoms with E-state index in [1.165, 1.54) is 16.5 Å². The molecule has 104 valence electrons. The molecule has 2 heterocycles. The van der Waals surface area contributed by atoms with Crippen LogP contribution in [0.5, 0.6) is 0 Å². The van der Waals surface area contributed by atoms with Crippen molar-refractivity contribution in [3.8, 4) is 0 Å². The molecule has 0 atom stereocenters. The van der Waals surface area contributed by atoms with Crippen LogP contribution in [-0.4, -0.2) is 20.7 Å². The molecular weight excluding hydrogens is 248 g/mol. The zero-order valence-corrected chi connectivity index (χ0v) is 11.8. The highest BCUT2D eigenvalue weighted by Gasteiger charge is 2.08. The van der Waals surface area contributed by atoms with Gasteiger partial charge in [0.05, 0.1) is 0 Å². The van der Waals surface area contributed by atoms with Crippen molar-refractivity contribution in [1.82, 2.24) is 14.1 Å². The third kappa shape index (κ3) is 2.34. The molecule has 20 heavy (non-hydrogen) atoms. The Balaban J connectivity index is 1.89. The quantitative estimate of drug-likeness (QED) is 0.770. The maximum Gasteiger partial charge on any atom is 0.110 e. The lowest BCUT2D eigenvalue weighted by Crippen LogP contribution is -2.05. The first kappa shape index (κ1) is 12.9. The van der Waals surface area contributed by atoms with Crippen LogP contribution in [0.3, 0.4) is 0 Å². The second-order valence-electron chi connectivity index (χ2n) is 5.11. The van der Waals surface area contributed by atoms with Gasteiger partial charge in [-0.05, 0) is 24.6 Å². The fourth-order valence-electron chi connectivity index (χ4n) is 2.72. The van der Waals surface area contributed by atoms with Gasteiger partial charge in [0.15, 0.2) is 0 Å². The van der Waals surface area contributed by atoms with Crippen LogP contribution in [0.15, 0.2) is 42.9 Å². The third-order valence-corrected chi connectivity index (χ3v) is 3.78. The maximum atomic E-state index is 5.71. The van der Waals surface area contributed by atoms with E-state index in [0.717, 1.165) is 25.2 Å². The Kier molecular flexibility index (Phi) is 3.56. The minimum atomic E-state index is 0.688. The lowest BCUT2D eigenvalue weighted by molar-refractivity contribution is 0.666. The van der Waals surface area contributed by atoms with Gasteiger partial charge in [0.1, 0.15) is 5.82 Å². The lowest BCUT2D eigenvalue weighted by Gasteiger charge is -2.05. The summed E-state index contributed by atoms with van der Waals surface area (Å²) in [6.45, 7) is 1.63. The van der Waals surface area contributed by atoms with Gasteiger partial charge in [0, 0.05) is 49.5 Å². The van der Waals surface area contributed by atoms with E-state index in [-0.39, 0.29) is 0 Å². The highest BCUT2D eigenvalue weighted by molar-refractivity contribution is 5.84. The highest BCUT2D eigenvalue weighted by Crippen LogP contribution is 2.21. The fourth-order valence-corrected chi connectivity index (χ4v) is 2.72. The maximum absolute atomic E-state index is 5.71. The summed E-state index contributed by atoms with van der Waals surface area (Å²) in [5, 5.41) is 1.32. The number of para-hydroxylation sites is 1. The number of hydrogen-bond donors (Lipinski definition) is 1. The largest absolute Gasteiger partial charge is 0.347 e. The minimum absolute atomic E-state index is 0.688. The Bertz CT molecular complexity index is 708. The third-order valence-electron chi connectivity index (χ3n) is 3.78. The molecule has 2 N–H and O–H groups in total. The average Bonchev–Trinajstić information content (AvgIpc) is 3.02. The molecule has 0 saturated heterocycles. The number of rotatable bonds is 5. The van der Waals surface area contributed by atoms with E-state index in [1.807, 2.05) is 19.4 Å². The summed E-state index contributed by atoms with van der Waals surface area (Å²) >= 11 is 0. The van der Waals surface area contributed by atoms with E-state index in [0.29, 0.717) is 6.54 Å². The number of aromatic nitrogens is 3. The van der Waals surface area contributed by atoms with E-state index < -0.39 is 0 Å². The summed E-state index contributed by atoms with van der Waals surface area (Å²) < 4.78 is 4.39. The first-order valence-corrected chi connectivity index (χ1v) is 7.02. The second kappa shape index (κ2) is 5.51. The molecule has 0 aliphatic rings. The second-order valence-corrected chi connectivity index (χ2v) is 5.11. The van der Waals surface area contributed by atoms with Crippen molar-refractivity contribution >= 4 is 10.9 Å². The molecule has 0 radical (unpaired) electrons. The number of aryl methyl sites for hydroxylation is 3. The Labute approximate surface area is 118 Å². The summed E-state index contributed by atoms with van der Waals surface area (Å²) in [6.07, 6.45) is 7.94. The summed E-state index contributed by atoms with van der Waals surface area (Å²) in [5.41, 5.74) is 8.33.